The molecule has 8 nitrogen and oxygen atoms in total. The van der Waals surface area contributed by atoms with Crippen LogP contribution >= 0.6 is 0 Å². The van der Waals surface area contributed by atoms with Crippen LogP contribution in [0, 0.1) is 0 Å². The maximum atomic E-state index is 11.5. The van der Waals surface area contributed by atoms with Gasteiger partial charge in [-0.2, -0.15) is 4.98 Å². The largest absolute Gasteiger partial charge is 0.353 e. The molecule has 0 aliphatic carbocycles. The van der Waals surface area contributed by atoms with E-state index in [9.17, 15) is 4.79 Å². The third-order valence-electron chi connectivity index (χ3n) is 5.21. The van der Waals surface area contributed by atoms with E-state index < -0.39 is 0 Å². The molecular formula is C19H25N7O. The maximum absolute atomic E-state index is 11.5. The summed E-state index contributed by atoms with van der Waals surface area (Å²) in [4.78, 5) is 33.9. The number of rotatable bonds is 3. The fourth-order valence-corrected chi connectivity index (χ4v) is 3.59. The molecule has 0 bridgehead atoms. The van der Waals surface area contributed by atoms with Crippen molar-refractivity contribution >= 4 is 23.5 Å². The van der Waals surface area contributed by atoms with Crippen LogP contribution in [0.25, 0.3) is 0 Å². The van der Waals surface area contributed by atoms with Gasteiger partial charge in [0.05, 0.1) is 0 Å². The van der Waals surface area contributed by atoms with Gasteiger partial charge in [-0.3, -0.25) is 4.79 Å². The van der Waals surface area contributed by atoms with E-state index in [1.165, 1.54) is 0 Å². The molecule has 4 rings (SSSR count). The molecule has 2 aliphatic heterocycles. The third-order valence-corrected chi connectivity index (χ3v) is 5.21. The molecular weight excluding hydrogens is 342 g/mol. The molecule has 0 atom stereocenters. The second-order valence-corrected chi connectivity index (χ2v) is 6.87. The zero-order chi connectivity index (χ0) is 18.6. The highest BCUT2D eigenvalue weighted by Gasteiger charge is 2.23. The Bertz CT molecular complexity index is 769. The summed E-state index contributed by atoms with van der Waals surface area (Å²) in [5.74, 6) is 2.89. The fraction of sp³-hybridized carbons (Fsp3) is 0.474. The average Bonchev–Trinajstić information content (AvgIpc) is 2.75. The summed E-state index contributed by atoms with van der Waals surface area (Å²) in [6.07, 6.45) is 3.67. The number of amides is 1. The summed E-state index contributed by atoms with van der Waals surface area (Å²) in [6.45, 7) is 8.30. The second kappa shape index (κ2) is 7.77. The van der Waals surface area contributed by atoms with Crippen molar-refractivity contribution < 1.29 is 4.79 Å². The molecule has 2 saturated heterocycles. The van der Waals surface area contributed by atoms with Gasteiger partial charge in [0, 0.05) is 71.7 Å². The Balaban J connectivity index is 1.38. The van der Waals surface area contributed by atoms with Crippen LogP contribution in [0.3, 0.4) is 0 Å². The van der Waals surface area contributed by atoms with E-state index in [1.807, 2.05) is 41.6 Å². The van der Waals surface area contributed by atoms with Gasteiger partial charge in [-0.15, -0.1) is 0 Å². The van der Waals surface area contributed by atoms with Crippen molar-refractivity contribution in [2.45, 2.75) is 6.92 Å². The minimum atomic E-state index is 0.142. The summed E-state index contributed by atoms with van der Waals surface area (Å²) in [6, 6.07) is 7.97. The zero-order valence-corrected chi connectivity index (χ0v) is 15.7. The van der Waals surface area contributed by atoms with E-state index in [-0.39, 0.29) is 5.91 Å². The standard InChI is InChI=1S/C19H25N7O/c1-16(27)23-8-10-25(11-9-23)18-5-7-21-19(22-18)26-14-12-24(13-15-26)17-4-2-3-6-20-17/h2-7H,8-15H2,1H3. The molecule has 2 fully saturated rings. The predicted molar refractivity (Wildman–Crippen MR) is 105 cm³/mol. The van der Waals surface area contributed by atoms with E-state index in [2.05, 4.69) is 24.7 Å². The normalized spacial score (nSPS) is 18.0. The third kappa shape index (κ3) is 3.94. The highest BCUT2D eigenvalue weighted by Crippen LogP contribution is 2.19. The van der Waals surface area contributed by atoms with Gasteiger partial charge >= 0.3 is 0 Å². The molecule has 2 aromatic heterocycles. The van der Waals surface area contributed by atoms with E-state index in [4.69, 9.17) is 4.98 Å². The number of anilines is 3. The molecule has 8 heteroatoms. The maximum Gasteiger partial charge on any atom is 0.227 e. The van der Waals surface area contributed by atoms with Crippen LogP contribution < -0.4 is 14.7 Å². The van der Waals surface area contributed by atoms with Gasteiger partial charge in [0.1, 0.15) is 11.6 Å². The van der Waals surface area contributed by atoms with Crippen LogP contribution in [0.2, 0.25) is 0 Å². The summed E-state index contributed by atoms with van der Waals surface area (Å²) in [5.41, 5.74) is 0. The fourth-order valence-electron chi connectivity index (χ4n) is 3.59. The van der Waals surface area contributed by atoms with Gasteiger partial charge < -0.3 is 19.6 Å². The first kappa shape index (κ1) is 17.5. The first-order valence-corrected chi connectivity index (χ1v) is 9.45. The van der Waals surface area contributed by atoms with Gasteiger partial charge in [-0.05, 0) is 18.2 Å². The SMILES string of the molecule is CC(=O)N1CCN(c2ccnc(N3CCN(c4ccccn4)CC3)n2)CC1. The molecule has 27 heavy (non-hydrogen) atoms. The Morgan fingerprint density at radius 2 is 1.44 bits per heavy atom. The van der Waals surface area contributed by atoms with Crippen molar-refractivity contribution in [3.05, 3.63) is 36.7 Å². The van der Waals surface area contributed by atoms with Crippen molar-refractivity contribution in [3.63, 3.8) is 0 Å². The van der Waals surface area contributed by atoms with Crippen LogP contribution in [-0.4, -0.2) is 78.1 Å². The Hall–Kier alpha value is -2.90. The lowest BCUT2D eigenvalue weighted by Gasteiger charge is -2.37. The number of hydrogen-bond donors (Lipinski definition) is 0. The van der Waals surface area contributed by atoms with Crippen molar-refractivity contribution in [2.75, 3.05) is 67.1 Å². The van der Waals surface area contributed by atoms with Crippen molar-refractivity contribution in [1.82, 2.24) is 19.9 Å². The zero-order valence-electron chi connectivity index (χ0n) is 15.7. The topological polar surface area (TPSA) is 68.7 Å². The minimum absolute atomic E-state index is 0.142. The second-order valence-electron chi connectivity index (χ2n) is 6.87. The van der Waals surface area contributed by atoms with Crippen LogP contribution in [0.4, 0.5) is 17.6 Å². The number of nitrogens with zero attached hydrogens (tertiary/aromatic N) is 7. The number of pyridine rings is 1. The molecule has 142 valence electrons. The summed E-state index contributed by atoms with van der Waals surface area (Å²) < 4.78 is 0. The van der Waals surface area contributed by atoms with E-state index in [1.54, 1.807) is 6.92 Å². The molecule has 2 aliphatic rings. The molecule has 1 amide bonds. The van der Waals surface area contributed by atoms with Crippen molar-refractivity contribution in [3.8, 4) is 0 Å². The summed E-state index contributed by atoms with van der Waals surface area (Å²) >= 11 is 0. The first-order chi connectivity index (χ1) is 13.2. The first-order valence-electron chi connectivity index (χ1n) is 9.45. The van der Waals surface area contributed by atoms with Crippen molar-refractivity contribution in [2.24, 2.45) is 0 Å². The highest BCUT2D eigenvalue weighted by molar-refractivity contribution is 5.73. The monoisotopic (exact) mass is 367 g/mol. The van der Waals surface area contributed by atoms with Gasteiger partial charge in [-0.1, -0.05) is 6.07 Å². The molecule has 2 aromatic rings. The van der Waals surface area contributed by atoms with Crippen LogP contribution in [-0.2, 0) is 4.79 Å². The molecule has 0 aromatic carbocycles. The molecule has 0 spiro atoms. The van der Waals surface area contributed by atoms with E-state index in [0.717, 1.165) is 69.9 Å². The number of piperazine rings is 2. The molecule has 4 heterocycles. The van der Waals surface area contributed by atoms with Crippen molar-refractivity contribution in [1.29, 1.82) is 0 Å². The lowest BCUT2D eigenvalue weighted by atomic mass is 10.3. The average molecular weight is 367 g/mol. The van der Waals surface area contributed by atoms with Gasteiger partial charge in [0.15, 0.2) is 0 Å². The lowest BCUT2D eigenvalue weighted by Crippen LogP contribution is -2.49. The number of aromatic nitrogens is 3. The van der Waals surface area contributed by atoms with Crippen LogP contribution in [0.15, 0.2) is 36.7 Å². The van der Waals surface area contributed by atoms with Crippen LogP contribution in [0.1, 0.15) is 6.92 Å². The molecule has 0 unspecified atom stereocenters. The van der Waals surface area contributed by atoms with Crippen LogP contribution in [0.5, 0.6) is 0 Å². The number of hydrogen-bond acceptors (Lipinski definition) is 7. The smallest absolute Gasteiger partial charge is 0.227 e. The minimum Gasteiger partial charge on any atom is -0.353 e. The lowest BCUT2D eigenvalue weighted by molar-refractivity contribution is -0.129. The summed E-state index contributed by atoms with van der Waals surface area (Å²) in [5, 5.41) is 0. The highest BCUT2D eigenvalue weighted by atomic mass is 16.2. The van der Waals surface area contributed by atoms with Gasteiger partial charge in [-0.25, -0.2) is 9.97 Å². The number of carbonyl (C=O) groups is 1. The Labute approximate surface area is 159 Å². The number of carbonyl (C=O) groups excluding carboxylic acids is 1. The molecule has 0 saturated carbocycles. The van der Waals surface area contributed by atoms with E-state index >= 15 is 0 Å². The van der Waals surface area contributed by atoms with E-state index in [0.29, 0.717) is 0 Å². The Morgan fingerprint density at radius 1 is 0.778 bits per heavy atom. The van der Waals surface area contributed by atoms with Gasteiger partial charge in [0.2, 0.25) is 11.9 Å². The molecule has 0 radical (unpaired) electrons. The molecule has 0 N–H and O–H groups in total. The summed E-state index contributed by atoms with van der Waals surface area (Å²) in [7, 11) is 0. The predicted octanol–water partition coefficient (Wildman–Crippen LogP) is 0.867. The Morgan fingerprint density at radius 3 is 2.11 bits per heavy atom. The Kier molecular flexibility index (Phi) is 5.04. The quantitative estimate of drug-likeness (QED) is 0.797. The van der Waals surface area contributed by atoms with Gasteiger partial charge in [0.25, 0.3) is 0 Å².